The summed E-state index contributed by atoms with van der Waals surface area (Å²) < 4.78 is 2.21. The lowest BCUT2D eigenvalue weighted by Crippen LogP contribution is -2.38. The quantitative estimate of drug-likeness (QED) is 0.229. The van der Waals surface area contributed by atoms with Crippen LogP contribution in [0.3, 0.4) is 0 Å². The zero-order valence-electron chi connectivity index (χ0n) is 17.3. The summed E-state index contributed by atoms with van der Waals surface area (Å²) in [5.74, 6) is 2.06. The van der Waals surface area contributed by atoms with Gasteiger partial charge in [0.15, 0.2) is 5.96 Å². The molecular weight excluding hydrogens is 451 g/mol. The first kappa shape index (κ1) is 24.2. The number of guanidine groups is 1. The predicted octanol–water partition coefficient (Wildman–Crippen LogP) is 3.41. The number of aliphatic imine (C=N–C) groups is 1. The van der Waals surface area contributed by atoms with Crippen LogP contribution < -0.4 is 10.6 Å². The molecule has 2 N–H and O–H groups in total. The number of nitrogens with zero attached hydrogens (tertiary/aromatic N) is 4. The summed E-state index contributed by atoms with van der Waals surface area (Å²) in [5, 5.41) is 6.82. The monoisotopic (exact) mass is 490 g/mol. The van der Waals surface area contributed by atoms with Crippen molar-refractivity contribution in [2.45, 2.75) is 65.3 Å². The van der Waals surface area contributed by atoms with Gasteiger partial charge in [-0.1, -0.05) is 12.8 Å². The van der Waals surface area contributed by atoms with Crippen LogP contribution in [0.1, 0.15) is 57.7 Å². The second-order valence-corrected chi connectivity index (χ2v) is 7.17. The van der Waals surface area contributed by atoms with Crippen LogP contribution >= 0.6 is 24.0 Å². The van der Waals surface area contributed by atoms with Gasteiger partial charge in [0, 0.05) is 38.6 Å². The highest BCUT2D eigenvalue weighted by Crippen LogP contribution is 2.09. The first-order chi connectivity index (χ1) is 12.8. The van der Waals surface area contributed by atoms with Crippen molar-refractivity contribution in [3.63, 3.8) is 0 Å². The lowest BCUT2D eigenvalue weighted by atomic mass is 10.2. The Kier molecular flexibility index (Phi) is 13.6. The Balaban J connectivity index is 0.00000364. The zero-order chi connectivity index (χ0) is 18.5. The standard InChI is InChI=1S/C20H38N6.HI/c1-3-21-20(23-11-6-9-17-26-18-13-22-19(26)2)24-12-10-16-25-14-7-4-5-8-15-25;/h13,18H,3-12,14-17H2,1-2H3,(H2,21,23,24);1H. The van der Waals surface area contributed by atoms with Crippen molar-refractivity contribution >= 4 is 29.9 Å². The van der Waals surface area contributed by atoms with E-state index in [2.05, 4.69) is 45.1 Å². The van der Waals surface area contributed by atoms with Gasteiger partial charge in [0.1, 0.15) is 5.82 Å². The number of rotatable bonds is 10. The van der Waals surface area contributed by atoms with Gasteiger partial charge < -0.3 is 20.1 Å². The highest BCUT2D eigenvalue weighted by molar-refractivity contribution is 14.0. The summed E-state index contributed by atoms with van der Waals surface area (Å²) in [7, 11) is 0. The maximum atomic E-state index is 4.74. The molecule has 0 amide bonds. The van der Waals surface area contributed by atoms with Crippen LogP contribution in [0.15, 0.2) is 17.4 Å². The summed E-state index contributed by atoms with van der Waals surface area (Å²) in [4.78, 5) is 11.6. The molecule has 1 fully saturated rings. The van der Waals surface area contributed by atoms with Crippen molar-refractivity contribution < 1.29 is 0 Å². The lowest BCUT2D eigenvalue weighted by Gasteiger charge is -2.19. The second-order valence-electron chi connectivity index (χ2n) is 7.17. The highest BCUT2D eigenvalue weighted by Gasteiger charge is 2.07. The third-order valence-electron chi connectivity index (χ3n) is 4.99. The summed E-state index contributed by atoms with van der Waals surface area (Å²) in [6.45, 7) is 11.7. The van der Waals surface area contributed by atoms with Gasteiger partial charge in [0.2, 0.25) is 0 Å². The van der Waals surface area contributed by atoms with Gasteiger partial charge in [-0.05, 0) is 65.6 Å². The Morgan fingerprint density at radius 3 is 2.52 bits per heavy atom. The minimum absolute atomic E-state index is 0. The van der Waals surface area contributed by atoms with Crippen molar-refractivity contribution in [3.8, 4) is 0 Å². The topological polar surface area (TPSA) is 57.5 Å². The first-order valence-corrected chi connectivity index (χ1v) is 10.5. The molecule has 0 spiro atoms. The fraction of sp³-hybridized carbons (Fsp3) is 0.800. The molecule has 1 saturated heterocycles. The molecule has 6 nitrogen and oxygen atoms in total. The van der Waals surface area contributed by atoms with Crippen LogP contribution in [0.25, 0.3) is 0 Å². The summed E-state index contributed by atoms with van der Waals surface area (Å²) in [5.41, 5.74) is 0. The predicted molar refractivity (Wildman–Crippen MR) is 125 cm³/mol. The van der Waals surface area contributed by atoms with Gasteiger partial charge in [0.25, 0.3) is 0 Å². The second kappa shape index (κ2) is 15.1. The van der Waals surface area contributed by atoms with E-state index >= 15 is 0 Å². The molecular formula is C20H39IN6. The molecule has 2 rings (SSSR count). The van der Waals surface area contributed by atoms with Gasteiger partial charge in [0.05, 0.1) is 0 Å². The van der Waals surface area contributed by atoms with Crippen LogP contribution in [-0.2, 0) is 6.54 Å². The Morgan fingerprint density at radius 2 is 1.85 bits per heavy atom. The van der Waals surface area contributed by atoms with E-state index in [0.717, 1.165) is 57.2 Å². The molecule has 2 heterocycles. The third-order valence-corrected chi connectivity index (χ3v) is 4.99. The summed E-state index contributed by atoms with van der Waals surface area (Å²) in [6.07, 6.45) is 12.9. The largest absolute Gasteiger partial charge is 0.357 e. The number of aryl methyl sites for hydroxylation is 2. The minimum atomic E-state index is 0. The van der Waals surface area contributed by atoms with Crippen molar-refractivity contribution in [1.29, 1.82) is 0 Å². The molecule has 0 aromatic carbocycles. The van der Waals surface area contributed by atoms with Crippen molar-refractivity contribution in [2.75, 3.05) is 39.3 Å². The molecule has 0 saturated carbocycles. The van der Waals surface area contributed by atoms with E-state index in [1.54, 1.807) is 0 Å². The Hall–Kier alpha value is -0.830. The molecule has 0 atom stereocenters. The van der Waals surface area contributed by atoms with E-state index < -0.39 is 0 Å². The van der Waals surface area contributed by atoms with E-state index in [1.807, 2.05) is 6.20 Å². The third kappa shape index (κ3) is 10.3. The molecule has 27 heavy (non-hydrogen) atoms. The van der Waals surface area contributed by atoms with E-state index in [1.165, 1.54) is 45.3 Å². The van der Waals surface area contributed by atoms with Crippen LogP contribution in [0.4, 0.5) is 0 Å². The Morgan fingerprint density at radius 1 is 1.07 bits per heavy atom. The molecule has 0 unspecified atom stereocenters. The summed E-state index contributed by atoms with van der Waals surface area (Å²) >= 11 is 0. The molecule has 0 aliphatic carbocycles. The number of unbranched alkanes of at least 4 members (excludes halogenated alkanes) is 1. The van der Waals surface area contributed by atoms with Crippen molar-refractivity contribution in [2.24, 2.45) is 4.99 Å². The molecule has 7 heteroatoms. The lowest BCUT2D eigenvalue weighted by molar-refractivity contribution is 0.283. The minimum Gasteiger partial charge on any atom is -0.357 e. The van der Waals surface area contributed by atoms with Crippen LogP contribution in [0.2, 0.25) is 0 Å². The van der Waals surface area contributed by atoms with E-state index in [0.29, 0.717) is 0 Å². The van der Waals surface area contributed by atoms with Crippen LogP contribution in [0.5, 0.6) is 0 Å². The molecule has 1 aliphatic rings. The van der Waals surface area contributed by atoms with Crippen LogP contribution in [-0.4, -0.2) is 59.7 Å². The van der Waals surface area contributed by atoms with Crippen molar-refractivity contribution in [1.82, 2.24) is 25.1 Å². The molecule has 0 radical (unpaired) electrons. The van der Waals surface area contributed by atoms with Gasteiger partial charge >= 0.3 is 0 Å². The molecule has 1 aromatic rings. The SMILES string of the molecule is CCNC(=NCCCN1CCCCCC1)NCCCCn1ccnc1C.I. The highest BCUT2D eigenvalue weighted by atomic mass is 127. The number of nitrogens with one attached hydrogen (secondary N) is 2. The number of imidazole rings is 1. The number of hydrogen-bond donors (Lipinski definition) is 2. The van der Waals surface area contributed by atoms with Crippen molar-refractivity contribution in [3.05, 3.63) is 18.2 Å². The molecule has 1 aromatic heterocycles. The van der Waals surface area contributed by atoms with Gasteiger partial charge in [-0.2, -0.15) is 0 Å². The van der Waals surface area contributed by atoms with Gasteiger partial charge in [-0.25, -0.2) is 4.98 Å². The van der Waals surface area contributed by atoms with E-state index in [-0.39, 0.29) is 24.0 Å². The van der Waals surface area contributed by atoms with Gasteiger partial charge in [-0.15, -0.1) is 24.0 Å². The maximum Gasteiger partial charge on any atom is 0.191 e. The van der Waals surface area contributed by atoms with E-state index in [4.69, 9.17) is 4.99 Å². The maximum absolute atomic E-state index is 4.74. The molecule has 0 bridgehead atoms. The molecule has 156 valence electrons. The number of halogens is 1. The Labute approximate surface area is 182 Å². The number of likely N-dealkylation sites (tertiary alicyclic amines) is 1. The average Bonchev–Trinajstić information content (AvgIpc) is 2.89. The normalized spacial score (nSPS) is 15.9. The fourth-order valence-electron chi connectivity index (χ4n) is 3.44. The zero-order valence-corrected chi connectivity index (χ0v) is 19.6. The van der Waals surface area contributed by atoms with E-state index in [9.17, 15) is 0 Å². The van der Waals surface area contributed by atoms with Gasteiger partial charge in [-0.3, -0.25) is 4.99 Å². The Bertz CT molecular complexity index is 508. The van der Waals surface area contributed by atoms with Crippen LogP contribution in [0, 0.1) is 6.92 Å². The first-order valence-electron chi connectivity index (χ1n) is 10.5. The average molecular weight is 490 g/mol. The number of aromatic nitrogens is 2. The smallest absolute Gasteiger partial charge is 0.191 e. The molecule has 1 aliphatic heterocycles. The fourth-order valence-corrected chi connectivity index (χ4v) is 3.44. The summed E-state index contributed by atoms with van der Waals surface area (Å²) in [6, 6.07) is 0. The number of hydrogen-bond acceptors (Lipinski definition) is 3.